The molecule has 1 heterocycles. The number of halogens is 3. The van der Waals surface area contributed by atoms with Crippen LogP contribution >= 0.6 is 0 Å². The Labute approximate surface area is 88.0 Å². The summed E-state index contributed by atoms with van der Waals surface area (Å²) < 4.78 is 42.1. The van der Waals surface area contributed by atoms with Crippen LogP contribution in [0.15, 0.2) is 4.52 Å². The molecule has 1 N–H and O–H groups in total. The van der Waals surface area contributed by atoms with E-state index in [1.165, 1.54) is 0 Å². The third kappa shape index (κ3) is 2.02. The molecular weight excluding hydrogens is 227 g/mol. The highest BCUT2D eigenvalue weighted by atomic mass is 19.4. The predicted octanol–water partition coefficient (Wildman–Crippen LogP) is 2.34. The lowest BCUT2D eigenvalue weighted by Crippen LogP contribution is -2.13. The quantitative estimate of drug-likeness (QED) is 0.873. The maximum atomic E-state index is 12.6. The van der Waals surface area contributed by atoms with Crippen LogP contribution in [0.5, 0.6) is 0 Å². The lowest BCUT2D eigenvalue weighted by atomic mass is 10.1. The summed E-state index contributed by atoms with van der Waals surface area (Å²) in [7, 11) is 0. The van der Waals surface area contributed by atoms with Crippen LogP contribution in [0.4, 0.5) is 13.2 Å². The SMILES string of the molecule is O=C(O)c1onc(CC2CC2)c1C(F)(F)F. The molecule has 4 nitrogen and oxygen atoms in total. The highest BCUT2D eigenvalue weighted by Crippen LogP contribution is 2.39. The lowest BCUT2D eigenvalue weighted by Gasteiger charge is -2.05. The van der Waals surface area contributed by atoms with E-state index in [1.807, 2.05) is 0 Å². The fourth-order valence-corrected chi connectivity index (χ4v) is 1.50. The minimum Gasteiger partial charge on any atom is -0.475 e. The van der Waals surface area contributed by atoms with Gasteiger partial charge in [-0.15, -0.1) is 0 Å². The van der Waals surface area contributed by atoms with Gasteiger partial charge in [0.05, 0.1) is 5.69 Å². The van der Waals surface area contributed by atoms with Gasteiger partial charge in [0.2, 0.25) is 0 Å². The van der Waals surface area contributed by atoms with E-state index in [1.54, 1.807) is 0 Å². The van der Waals surface area contributed by atoms with E-state index in [0.717, 1.165) is 12.8 Å². The summed E-state index contributed by atoms with van der Waals surface area (Å²) >= 11 is 0. The molecule has 1 fully saturated rings. The number of carboxylic acids is 1. The molecule has 88 valence electrons. The number of carbonyl (C=O) groups is 1. The molecule has 2 rings (SSSR count). The maximum absolute atomic E-state index is 12.6. The van der Waals surface area contributed by atoms with Crippen molar-refractivity contribution in [2.45, 2.75) is 25.4 Å². The van der Waals surface area contributed by atoms with Crippen molar-refractivity contribution < 1.29 is 27.6 Å². The summed E-state index contributed by atoms with van der Waals surface area (Å²) in [6.45, 7) is 0. The number of nitrogens with zero attached hydrogens (tertiary/aromatic N) is 1. The number of aromatic carboxylic acids is 1. The van der Waals surface area contributed by atoms with Gasteiger partial charge in [-0.25, -0.2) is 4.79 Å². The first-order valence-electron chi connectivity index (χ1n) is 4.68. The van der Waals surface area contributed by atoms with Gasteiger partial charge in [-0.05, 0) is 25.2 Å². The van der Waals surface area contributed by atoms with Crippen molar-refractivity contribution >= 4 is 5.97 Å². The van der Waals surface area contributed by atoms with Crippen LogP contribution < -0.4 is 0 Å². The second-order valence-corrected chi connectivity index (χ2v) is 3.78. The standard InChI is InChI=1S/C9H8F3NO3/c10-9(11,12)6-5(3-4-1-2-4)13-16-7(6)8(14)15/h4H,1-3H2,(H,14,15). The summed E-state index contributed by atoms with van der Waals surface area (Å²) in [6.07, 6.45) is -2.90. The molecule has 0 bridgehead atoms. The average molecular weight is 235 g/mol. The Kier molecular flexibility index (Phi) is 2.40. The third-order valence-corrected chi connectivity index (χ3v) is 2.42. The molecule has 1 aromatic rings. The number of hydrogen-bond acceptors (Lipinski definition) is 3. The van der Waals surface area contributed by atoms with Crippen molar-refractivity contribution in [3.63, 3.8) is 0 Å². The Morgan fingerprint density at radius 1 is 1.50 bits per heavy atom. The fraction of sp³-hybridized carbons (Fsp3) is 0.556. The topological polar surface area (TPSA) is 63.3 Å². The van der Waals surface area contributed by atoms with Gasteiger partial charge < -0.3 is 9.63 Å². The van der Waals surface area contributed by atoms with E-state index in [0.29, 0.717) is 0 Å². The first kappa shape index (κ1) is 11.0. The highest BCUT2D eigenvalue weighted by molar-refractivity contribution is 5.86. The van der Waals surface area contributed by atoms with Gasteiger partial charge in [-0.3, -0.25) is 0 Å². The van der Waals surface area contributed by atoms with Gasteiger partial charge in [0, 0.05) is 0 Å². The van der Waals surface area contributed by atoms with Crippen molar-refractivity contribution in [3.05, 3.63) is 17.0 Å². The Bertz CT molecular complexity index is 420. The van der Waals surface area contributed by atoms with E-state index >= 15 is 0 Å². The Balaban J connectivity index is 2.40. The van der Waals surface area contributed by atoms with Crippen molar-refractivity contribution in [1.82, 2.24) is 5.16 Å². The molecule has 1 aromatic heterocycles. The normalized spacial score (nSPS) is 16.4. The van der Waals surface area contributed by atoms with Crippen LogP contribution in [0.3, 0.4) is 0 Å². The second kappa shape index (κ2) is 3.50. The Morgan fingerprint density at radius 3 is 2.56 bits per heavy atom. The molecular formula is C9H8F3NO3. The van der Waals surface area contributed by atoms with E-state index in [-0.39, 0.29) is 18.0 Å². The smallest absolute Gasteiger partial charge is 0.422 e. The average Bonchev–Trinajstić information content (AvgIpc) is 2.79. The molecule has 0 aliphatic heterocycles. The van der Waals surface area contributed by atoms with Crippen LogP contribution in [0.1, 0.15) is 34.7 Å². The second-order valence-electron chi connectivity index (χ2n) is 3.78. The Morgan fingerprint density at radius 2 is 2.12 bits per heavy atom. The number of alkyl halides is 3. The third-order valence-electron chi connectivity index (χ3n) is 2.42. The fourth-order valence-electron chi connectivity index (χ4n) is 1.50. The summed E-state index contributed by atoms with van der Waals surface area (Å²) in [5.41, 5.74) is -1.54. The van der Waals surface area contributed by atoms with Gasteiger partial charge in [0.15, 0.2) is 0 Å². The molecule has 0 saturated heterocycles. The molecule has 16 heavy (non-hydrogen) atoms. The van der Waals surface area contributed by atoms with E-state index in [9.17, 15) is 18.0 Å². The minimum atomic E-state index is -4.74. The maximum Gasteiger partial charge on any atom is 0.422 e. The molecule has 0 atom stereocenters. The van der Waals surface area contributed by atoms with E-state index < -0.39 is 23.5 Å². The molecule has 0 unspecified atom stereocenters. The lowest BCUT2D eigenvalue weighted by molar-refractivity contribution is -0.139. The summed E-state index contributed by atoms with van der Waals surface area (Å²) in [5, 5.41) is 11.8. The molecule has 1 saturated carbocycles. The molecule has 0 radical (unpaired) electrons. The number of aromatic nitrogens is 1. The largest absolute Gasteiger partial charge is 0.475 e. The summed E-state index contributed by atoms with van der Waals surface area (Å²) in [5.74, 6) is -2.70. The van der Waals surface area contributed by atoms with E-state index in [2.05, 4.69) is 9.68 Å². The van der Waals surface area contributed by atoms with Crippen LogP contribution in [0, 0.1) is 5.92 Å². The molecule has 7 heteroatoms. The highest BCUT2D eigenvalue weighted by Gasteiger charge is 2.43. The zero-order valence-electron chi connectivity index (χ0n) is 8.04. The number of carboxylic acid groups (broad SMARTS) is 1. The molecule has 0 aromatic carbocycles. The summed E-state index contributed by atoms with van der Waals surface area (Å²) in [4.78, 5) is 10.5. The molecule has 0 amide bonds. The first-order valence-corrected chi connectivity index (χ1v) is 4.68. The molecule has 0 spiro atoms. The van der Waals surface area contributed by atoms with Gasteiger partial charge in [-0.2, -0.15) is 13.2 Å². The zero-order chi connectivity index (χ0) is 11.9. The minimum absolute atomic E-state index is 0.131. The van der Waals surface area contributed by atoms with Crippen molar-refractivity contribution in [2.24, 2.45) is 5.92 Å². The van der Waals surface area contributed by atoms with Gasteiger partial charge in [-0.1, -0.05) is 5.16 Å². The monoisotopic (exact) mass is 235 g/mol. The van der Waals surface area contributed by atoms with Crippen LogP contribution in [-0.4, -0.2) is 16.2 Å². The molecule has 1 aliphatic carbocycles. The van der Waals surface area contributed by atoms with Crippen molar-refractivity contribution in [2.75, 3.05) is 0 Å². The number of rotatable bonds is 3. The van der Waals surface area contributed by atoms with Crippen molar-refractivity contribution in [3.8, 4) is 0 Å². The number of hydrogen-bond donors (Lipinski definition) is 1. The van der Waals surface area contributed by atoms with Gasteiger partial charge in [0.1, 0.15) is 5.56 Å². The van der Waals surface area contributed by atoms with Crippen LogP contribution in [0.25, 0.3) is 0 Å². The summed E-state index contributed by atoms with van der Waals surface area (Å²) in [6, 6.07) is 0. The van der Waals surface area contributed by atoms with E-state index in [4.69, 9.17) is 5.11 Å². The Hall–Kier alpha value is -1.53. The zero-order valence-corrected chi connectivity index (χ0v) is 8.04. The molecule has 1 aliphatic rings. The van der Waals surface area contributed by atoms with Crippen LogP contribution in [0.2, 0.25) is 0 Å². The first-order chi connectivity index (χ1) is 7.39. The predicted molar refractivity (Wildman–Crippen MR) is 44.9 cm³/mol. The van der Waals surface area contributed by atoms with Crippen LogP contribution in [-0.2, 0) is 12.6 Å². The van der Waals surface area contributed by atoms with Crippen molar-refractivity contribution in [1.29, 1.82) is 0 Å². The van der Waals surface area contributed by atoms with Gasteiger partial charge >= 0.3 is 12.1 Å². The van der Waals surface area contributed by atoms with Gasteiger partial charge in [0.25, 0.3) is 5.76 Å².